The maximum Gasteiger partial charge on any atom is 0.134 e. The van der Waals surface area contributed by atoms with Crippen LogP contribution in [0.15, 0.2) is 24.8 Å². The maximum atomic E-state index is 13.6. The second-order valence-corrected chi connectivity index (χ2v) is 3.20. The van der Waals surface area contributed by atoms with Crippen LogP contribution in [-0.2, 0) is 6.54 Å². The Balaban J connectivity index is 2.71. The summed E-state index contributed by atoms with van der Waals surface area (Å²) in [4.78, 5) is 0. The zero-order valence-corrected chi connectivity index (χ0v) is 8.52. The van der Waals surface area contributed by atoms with Gasteiger partial charge in [-0.05, 0) is 13.0 Å². The molecule has 0 fully saturated rings. The minimum atomic E-state index is -0.161. The van der Waals surface area contributed by atoms with Gasteiger partial charge in [-0.3, -0.25) is 0 Å². The molecule has 0 aliphatic rings. The topological polar surface area (TPSA) is 12.0 Å². The molecule has 0 saturated carbocycles. The zero-order chi connectivity index (χ0) is 10.4. The Hall–Kier alpha value is -1.15. The summed E-state index contributed by atoms with van der Waals surface area (Å²) >= 11 is 0. The van der Waals surface area contributed by atoms with Crippen molar-refractivity contribution in [1.29, 1.82) is 0 Å². The van der Waals surface area contributed by atoms with Crippen LogP contribution in [0.2, 0.25) is 0 Å². The minimum absolute atomic E-state index is 0.161. The van der Waals surface area contributed by atoms with Gasteiger partial charge in [0.05, 0.1) is 0 Å². The third kappa shape index (κ3) is 2.67. The molecule has 0 bridgehead atoms. The second-order valence-electron chi connectivity index (χ2n) is 3.20. The molecule has 1 rings (SSSR count). The highest BCUT2D eigenvalue weighted by molar-refractivity contribution is 5.49. The van der Waals surface area contributed by atoms with Crippen LogP contribution in [0.5, 0.6) is 0 Å². The first-order chi connectivity index (χ1) is 6.79. The van der Waals surface area contributed by atoms with E-state index in [1.807, 2.05) is 6.07 Å². The SMILES string of the molecule is C=Cc1cccc(CNCCC)c1F. The lowest BCUT2D eigenvalue weighted by Gasteiger charge is -2.06. The van der Waals surface area contributed by atoms with Crippen LogP contribution in [0, 0.1) is 5.82 Å². The molecule has 0 aromatic heterocycles. The largest absolute Gasteiger partial charge is 0.313 e. The van der Waals surface area contributed by atoms with E-state index < -0.39 is 0 Å². The normalized spacial score (nSPS) is 10.1. The van der Waals surface area contributed by atoms with E-state index in [1.165, 1.54) is 0 Å². The average Bonchev–Trinajstić information content (AvgIpc) is 2.21. The highest BCUT2D eigenvalue weighted by Gasteiger charge is 2.03. The van der Waals surface area contributed by atoms with E-state index >= 15 is 0 Å². The van der Waals surface area contributed by atoms with Gasteiger partial charge in [0.15, 0.2) is 0 Å². The molecule has 0 heterocycles. The Bertz CT molecular complexity index is 307. The molecule has 1 N–H and O–H groups in total. The molecule has 2 heteroatoms. The molecule has 0 unspecified atom stereocenters. The average molecular weight is 193 g/mol. The molecule has 0 aliphatic carbocycles. The fourth-order valence-electron chi connectivity index (χ4n) is 1.29. The number of nitrogens with one attached hydrogen (secondary N) is 1. The summed E-state index contributed by atoms with van der Waals surface area (Å²) in [5.41, 5.74) is 1.27. The third-order valence-electron chi connectivity index (χ3n) is 2.07. The van der Waals surface area contributed by atoms with Crippen LogP contribution in [0.3, 0.4) is 0 Å². The van der Waals surface area contributed by atoms with Crippen molar-refractivity contribution in [3.63, 3.8) is 0 Å². The Labute approximate surface area is 84.6 Å². The number of hydrogen-bond donors (Lipinski definition) is 1. The van der Waals surface area contributed by atoms with Gasteiger partial charge in [-0.2, -0.15) is 0 Å². The smallest absolute Gasteiger partial charge is 0.134 e. The molecule has 1 aromatic carbocycles. The van der Waals surface area contributed by atoms with Crippen LogP contribution >= 0.6 is 0 Å². The molecule has 0 amide bonds. The van der Waals surface area contributed by atoms with E-state index in [0.29, 0.717) is 17.7 Å². The predicted molar refractivity (Wildman–Crippen MR) is 58.5 cm³/mol. The monoisotopic (exact) mass is 193 g/mol. The lowest BCUT2D eigenvalue weighted by molar-refractivity contribution is 0.584. The number of halogens is 1. The summed E-state index contributed by atoms with van der Waals surface area (Å²) in [6.07, 6.45) is 2.60. The van der Waals surface area contributed by atoms with Gasteiger partial charge in [0.25, 0.3) is 0 Å². The van der Waals surface area contributed by atoms with Gasteiger partial charge < -0.3 is 5.32 Å². The third-order valence-corrected chi connectivity index (χ3v) is 2.07. The molecular formula is C12H16FN. The first-order valence-electron chi connectivity index (χ1n) is 4.90. The highest BCUT2D eigenvalue weighted by Crippen LogP contribution is 2.13. The Morgan fingerprint density at radius 2 is 2.29 bits per heavy atom. The second kappa shape index (κ2) is 5.55. The highest BCUT2D eigenvalue weighted by atomic mass is 19.1. The van der Waals surface area contributed by atoms with E-state index in [-0.39, 0.29) is 5.82 Å². The van der Waals surface area contributed by atoms with Crippen molar-refractivity contribution >= 4 is 6.08 Å². The van der Waals surface area contributed by atoms with Crippen molar-refractivity contribution in [2.24, 2.45) is 0 Å². The van der Waals surface area contributed by atoms with Gasteiger partial charge in [-0.1, -0.05) is 37.8 Å². The molecular weight excluding hydrogens is 177 g/mol. The van der Waals surface area contributed by atoms with Gasteiger partial charge in [0.2, 0.25) is 0 Å². The molecule has 1 nitrogen and oxygen atoms in total. The van der Waals surface area contributed by atoms with Crippen molar-refractivity contribution in [2.75, 3.05) is 6.54 Å². The van der Waals surface area contributed by atoms with Crippen molar-refractivity contribution in [1.82, 2.24) is 5.32 Å². The molecule has 0 spiro atoms. The zero-order valence-electron chi connectivity index (χ0n) is 8.52. The molecule has 1 aromatic rings. The maximum absolute atomic E-state index is 13.6. The summed E-state index contributed by atoms with van der Waals surface area (Å²) in [5, 5.41) is 3.17. The summed E-state index contributed by atoms with van der Waals surface area (Å²) in [5.74, 6) is -0.161. The van der Waals surface area contributed by atoms with E-state index in [0.717, 1.165) is 13.0 Å². The fraction of sp³-hybridized carbons (Fsp3) is 0.333. The van der Waals surface area contributed by atoms with Gasteiger partial charge in [-0.15, -0.1) is 0 Å². The molecule has 76 valence electrons. The molecule has 0 aliphatic heterocycles. The van der Waals surface area contributed by atoms with Crippen LogP contribution in [0.4, 0.5) is 4.39 Å². The number of hydrogen-bond acceptors (Lipinski definition) is 1. The molecule has 0 radical (unpaired) electrons. The Morgan fingerprint density at radius 1 is 1.50 bits per heavy atom. The first kappa shape index (κ1) is 10.9. The number of rotatable bonds is 5. The molecule has 0 atom stereocenters. The predicted octanol–water partition coefficient (Wildman–Crippen LogP) is 2.97. The Kier molecular flexibility index (Phi) is 4.33. The van der Waals surface area contributed by atoms with Gasteiger partial charge in [-0.25, -0.2) is 4.39 Å². The Morgan fingerprint density at radius 3 is 2.93 bits per heavy atom. The van der Waals surface area contributed by atoms with E-state index in [2.05, 4.69) is 18.8 Å². The van der Waals surface area contributed by atoms with Gasteiger partial charge in [0, 0.05) is 17.7 Å². The lowest BCUT2D eigenvalue weighted by Crippen LogP contribution is -2.15. The van der Waals surface area contributed by atoms with E-state index in [4.69, 9.17) is 0 Å². The van der Waals surface area contributed by atoms with Crippen molar-refractivity contribution in [2.45, 2.75) is 19.9 Å². The van der Waals surface area contributed by atoms with E-state index in [1.54, 1.807) is 18.2 Å². The summed E-state index contributed by atoms with van der Waals surface area (Å²) < 4.78 is 13.6. The number of benzene rings is 1. The first-order valence-corrected chi connectivity index (χ1v) is 4.90. The van der Waals surface area contributed by atoms with Crippen LogP contribution in [-0.4, -0.2) is 6.54 Å². The lowest BCUT2D eigenvalue weighted by atomic mass is 10.1. The fourth-order valence-corrected chi connectivity index (χ4v) is 1.29. The van der Waals surface area contributed by atoms with Crippen LogP contribution in [0.1, 0.15) is 24.5 Å². The van der Waals surface area contributed by atoms with Crippen LogP contribution in [0.25, 0.3) is 6.08 Å². The van der Waals surface area contributed by atoms with Gasteiger partial charge in [0.1, 0.15) is 5.82 Å². The van der Waals surface area contributed by atoms with E-state index in [9.17, 15) is 4.39 Å². The quantitative estimate of drug-likeness (QED) is 0.709. The standard InChI is InChI=1S/C12H16FN/c1-3-8-14-9-11-7-5-6-10(4-2)12(11)13/h4-7,14H,2-3,8-9H2,1H3. The van der Waals surface area contributed by atoms with Crippen molar-refractivity contribution in [3.8, 4) is 0 Å². The summed E-state index contributed by atoms with van der Waals surface area (Å²) in [6.45, 7) is 7.15. The van der Waals surface area contributed by atoms with Crippen molar-refractivity contribution < 1.29 is 4.39 Å². The van der Waals surface area contributed by atoms with Gasteiger partial charge >= 0.3 is 0 Å². The van der Waals surface area contributed by atoms with Crippen molar-refractivity contribution in [3.05, 3.63) is 41.7 Å². The molecule has 0 saturated heterocycles. The molecule has 14 heavy (non-hydrogen) atoms. The summed E-state index contributed by atoms with van der Waals surface area (Å²) in [7, 11) is 0. The summed E-state index contributed by atoms with van der Waals surface area (Å²) in [6, 6.07) is 5.37. The minimum Gasteiger partial charge on any atom is -0.313 e. The van der Waals surface area contributed by atoms with Crippen LogP contribution < -0.4 is 5.32 Å².